The minimum Gasteiger partial charge on any atom is -0.338 e. The van der Waals surface area contributed by atoms with E-state index in [9.17, 15) is 4.79 Å². The maximum Gasteiger partial charge on any atom is 0.317 e. The summed E-state index contributed by atoms with van der Waals surface area (Å²) in [5.74, 6) is 0.269. The number of urea groups is 1. The molecule has 4 heteroatoms. The summed E-state index contributed by atoms with van der Waals surface area (Å²) in [5.41, 5.74) is 3.68. The van der Waals surface area contributed by atoms with Gasteiger partial charge < -0.3 is 10.2 Å². The van der Waals surface area contributed by atoms with Gasteiger partial charge in [0, 0.05) is 31.4 Å². The van der Waals surface area contributed by atoms with Crippen LogP contribution in [0.1, 0.15) is 47.9 Å². The number of pyridine rings is 1. The predicted octanol–water partition coefficient (Wildman–Crippen LogP) is 5.15. The van der Waals surface area contributed by atoms with Crippen LogP contribution in [-0.4, -0.2) is 29.0 Å². The lowest BCUT2D eigenvalue weighted by Gasteiger charge is -2.26. The van der Waals surface area contributed by atoms with E-state index >= 15 is 0 Å². The van der Waals surface area contributed by atoms with Crippen molar-refractivity contribution in [1.82, 2.24) is 15.2 Å². The van der Waals surface area contributed by atoms with E-state index in [1.165, 1.54) is 11.1 Å². The molecule has 0 unspecified atom stereocenters. The first-order valence-electron chi connectivity index (χ1n) is 10.4. The summed E-state index contributed by atoms with van der Waals surface area (Å²) in [6.07, 6.45) is 6.54. The van der Waals surface area contributed by atoms with Crippen molar-refractivity contribution in [2.24, 2.45) is 0 Å². The predicted molar refractivity (Wildman–Crippen MR) is 116 cm³/mol. The maximum absolute atomic E-state index is 12.9. The molecule has 0 radical (unpaired) electrons. The van der Waals surface area contributed by atoms with Crippen LogP contribution in [0.5, 0.6) is 0 Å². The van der Waals surface area contributed by atoms with Crippen LogP contribution < -0.4 is 5.32 Å². The second-order valence-corrected chi connectivity index (χ2v) is 7.53. The second-order valence-electron chi connectivity index (χ2n) is 7.53. The van der Waals surface area contributed by atoms with Gasteiger partial charge in [-0.1, -0.05) is 66.7 Å². The summed E-state index contributed by atoms with van der Waals surface area (Å²) in [6.45, 7) is 1.44. The first-order chi connectivity index (χ1) is 14.3. The summed E-state index contributed by atoms with van der Waals surface area (Å²) in [5, 5.41) is 3.16. The molecule has 1 aliphatic heterocycles. The number of rotatable bonds is 6. The lowest BCUT2D eigenvalue weighted by molar-refractivity contribution is 0.192. The largest absolute Gasteiger partial charge is 0.338 e. The number of carbonyl (C=O) groups is 1. The van der Waals surface area contributed by atoms with Gasteiger partial charge in [-0.2, -0.15) is 0 Å². The van der Waals surface area contributed by atoms with Crippen LogP contribution in [0.3, 0.4) is 0 Å². The standard InChI is InChI=1S/C25H27N3O/c29-25(28-18-8-14-24(28)22-13-7-16-26-19-22)27-17-15-23(20-9-3-1-4-10-20)21-11-5-2-6-12-21/h1-7,9-13,16,19,23-24H,8,14-15,17-18H2,(H,27,29)/t24-/m0/s1. The molecule has 3 aromatic rings. The normalized spacial score (nSPS) is 16.2. The molecule has 0 aliphatic carbocycles. The van der Waals surface area contributed by atoms with Crippen LogP contribution in [0.15, 0.2) is 85.2 Å². The highest BCUT2D eigenvalue weighted by molar-refractivity contribution is 5.75. The molecule has 0 bridgehead atoms. The minimum absolute atomic E-state index is 0.0243. The van der Waals surface area contributed by atoms with Crippen LogP contribution in [0.25, 0.3) is 0 Å². The van der Waals surface area contributed by atoms with E-state index in [0.717, 1.165) is 31.4 Å². The van der Waals surface area contributed by atoms with E-state index in [-0.39, 0.29) is 18.0 Å². The molecule has 4 nitrogen and oxygen atoms in total. The Morgan fingerprint density at radius 3 is 2.31 bits per heavy atom. The van der Waals surface area contributed by atoms with Crippen molar-refractivity contribution in [1.29, 1.82) is 0 Å². The highest BCUT2D eigenvalue weighted by atomic mass is 16.2. The first kappa shape index (κ1) is 19.2. The topological polar surface area (TPSA) is 45.2 Å². The van der Waals surface area contributed by atoms with Crippen LogP contribution in [0.4, 0.5) is 4.79 Å². The number of nitrogens with zero attached hydrogens (tertiary/aromatic N) is 2. The van der Waals surface area contributed by atoms with Crippen molar-refractivity contribution in [2.75, 3.05) is 13.1 Å². The summed E-state index contributed by atoms with van der Waals surface area (Å²) in [7, 11) is 0. The Kier molecular flexibility index (Phi) is 6.20. The Morgan fingerprint density at radius 2 is 1.69 bits per heavy atom. The van der Waals surface area contributed by atoms with E-state index in [1.807, 2.05) is 29.3 Å². The SMILES string of the molecule is O=C(NCCC(c1ccccc1)c1ccccc1)N1CCC[C@H]1c1cccnc1. The highest BCUT2D eigenvalue weighted by Gasteiger charge is 2.30. The Labute approximate surface area is 172 Å². The number of benzene rings is 2. The van der Waals surface area contributed by atoms with Crippen molar-refractivity contribution in [3.8, 4) is 0 Å². The van der Waals surface area contributed by atoms with Gasteiger partial charge in [0.15, 0.2) is 0 Å². The molecular weight excluding hydrogens is 358 g/mol. The van der Waals surface area contributed by atoms with E-state index < -0.39 is 0 Å². The zero-order valence-corrected chi connectivity index (χ0v) is 16.6. The van der Waals surface area contributed by atoms with Gasteiger partial charge >= 0.3 is 6.03 Å². The summed E-state index contributed by atoms with van der Waals surface area (Å²) >= 11 is 0. The number of likely N-dealkylation sites (tertiary alicyclic amines) is 1. The maximum atomic E-state index is 12.9. The Bertz CT molecular complexity index is 860. The number of nitrogens with one attached hydrogen (secondary N) is 1. The fourth-order valence-corrected chi connectivity index (χ4v) is 4.25. The lowest BCUT2D eigenvalue weighted by Crippen LogP contribution is -2.40. The third-order valence-corrected chi connectivity index (χ3v) is 5.70. The zero-order valence-electron chi connectivity index (χ0n) is 16.6. The Morgan fingerprint density at radius 1 is 1.00 bits per heavy atom. The van der Waals surface area contributed by atoms with E-state index in [0.29, 0.717) is 6.54 Å². The van der Waals surface area contributed by atoms with E-state index in [2.05, 4.69) is 64.9 Å². The molecule has 1 aliphatic rings. The van der Waals surface area contributed by atoms with Crippen LogP contribution in [0, 0.1) is 0 Å². The molecule has 0 spiro atoms. The summed E-state index contributed by atoms with van der Waals surface area (Å²) < 4.78 is 0. The number of hydrogen-bond acceptors (Lipinski definition) is 2. The minimum atomic E-state index is 0.0243. The molecule has 1 N–H and O–H groups in total. The summed E-state index contributed by atoms with van der Waals surface area (Å²) in [6, 6.07) is 25.2. The average Bonchev–Trinajstić information content (AvgIpc) is 3.29. The quantitative estimate of drug-likeness (QED) is 0.638. The monoisotopic (exact) mass is 385 g/mol. The van der Waals surface area contributed by atoms with Crippen molar-refractivity contribution in [3.63, 3.8) is 0 Å². The molecular formula is C25H27N3O. The fourth-order valence-electron chi connectivity index (χ4n) is 4.25. The van der Waals surface area contributed by atoms with Gasteiger partial charge in [0.05, 0.1) is 6.04 Å². The number of amides is 2. The second kappa shape index (κ2) is 9.37. The smallest absolute Gasteiger partial charge is 0.317 e. The highest BCUT2D eigenvalue weighted by Crippen LogP contribution is 2.31. The molecule has 1 aromatic heterocycles. The van der Waals surface area contributed by atoms with Crippen molar-refractivity contribution >= 4 is 6.03 Å². The average molecular weight is 386 g/mol. The fraction of sp³-hybridized carbons (Fsp3) is 0.280. The van der Waals surface area contributed by atoms with Crippen LogP contribution in [0.2, 0.25) is 0 Å². The van der Waals surface area contributed by atoms with Crippen LogP contribution in [-0.2, 0) is 0 Å². The lowest BCUT2D eigenvalue weighted by atomic mass is 9.88. The molecule has 1 saturated heterocycles. The Balaban J connectivity index is 1.40. The number of hydrogen-bond donors (Lipinski definition) is 1. The van der Waals surface area contributed by atoms with Crippen molar-refractivity contribution in [2.45, 2.75) is 31.2 Å². The first-order valence-corrected chi connectivity index (χ1v) is 10.4. The molecule has 2 heterocycles. The molecule has 0 saturated carbocycles. The van der Waals surface area contributed by atoms with Gasteiger partial charge in [0.2, 0.25) is 0 Å². The van der Waals surface area contributed by atoms with Gasteiger partial charge in [-0.25, -0.2) is 4.79 Å². The van der Waals surface area contributed by atoms with Crippen molar-refractivity contribution in [3.05, 3.63) is 102 Å². The van der Waals surface area contributed by atoms with Crippen molar-refractivity contribution < 1.29 is 4.79 Å². The molecule has 4 rings (SSSR count). The number of aromatic nitrogens is 1. The van der Waals surface area contributed by atoms with Gasteiger partial charge in [0.1, 0.15) is 0 Å². The van der Waals surface area contributed by atoms with Crippen LogP contribution >= 0.6 is 0 Å². The number of carbonyl (C=O) groups excluding carboxylic acids is 1. The molecule has 2 aromatic carbocycles. The van der Waals surface area contributed by atoms with Gasteiger partial charge in [-0.3, -0.25) is 4.98 Å². The van der Waals surface area contributed by atoms with Gasteiger partial charge in [0.25, 0.3) is 0 Å². The van der Waals surface area contributed by atoms with Gasteiger partial charge in [-0.15, -0.1) is 0 Å². The van der Waals surface area contributed by atoms with Gasteiger partial charge in [-0.05, 0) is 42.0 Å². The van der Waals surface area contributed by atoms with E-state index in [4.69, 9.17) is 0 Å². The van der Waals surface area contributed by atoms with E-state index in [1.54, 1.807) is 6.20 Å². The molecule has 29 heavy (non-hydrogen) atoms. The molecule has 2 amide bonds. The Hall–Kier alpha value is -3.14. The molecule has 1 atom stereocenters. The third-order valence-electron chi connectivity index (χ3n) is 5.70. The third kappa shape index (κ3) is 4.65. The zero-order chi connectivity index (χ0) is 19.9. The molecule has 1 fully saturated rings. The summed E-state index contributed by atoms with van der Waals surface area (Å²) in [4.78, 5) is 19.1. The molecule has 148 valence electrons.